The van der Waals surface area contributed by atoms with Gasteiger partial charge in [-0.05, 0) is 25.7 Å². The quantitative estimate of drug-likeness (QED) is 0.793. The highest BCUT2D eigenvalue weighted by molar-refractivity contribution is 5.14. The molecule has 2 aliphatic heterocycles. The molecule has 3 unspecified atom stereocenters. The molecule has 0 radical (unpaired) electrons. The molecule has 0 aromatic carbocycles. The summed E-state index contributed by atoms with van der Waals surface area (Å²) in [6.07, 6.45) is -20.5. The van der Waals surface area contributed by atoms with Gasteiger partial charge in [0.2, 0.25) is 5.67 Å². The van der Waals surface area contributed by atoms with Gasteiger partial charge in [0.05, 0.1) is 6.10 Å². The van der Waals surface area contributed by atoms with Crippen molar-refractivity contribution < 1.29 is 49.4 Å². The van der Waals surface area contributed by atoms with Crippen LogP contribution in [0.15, 0.2) is 0 Å². The molecule has 0 spiro atoms. The van der Waals surface area contributed by atoms with E-state index in [9.17, 15) is 39.5 Å². The third-order valence-electron chi connectivity index (χ3n) is 4.28. The van der Waals surface area contributed by atoms with Gasteiger partial charge in [0.1, 0.15) is 6.10 Å². The van der Waals surface area contributed by atoms with E-state index in [0.717, 1.165) is 0 Å². The van der Waals surface area contributed by atoms with Crippen molar-refractivity contribution >= 4 is 0 Å². The maximum absolute atomic E-state index is 14.4. The van der Waals surface area contributed by atoms with Gasteiger partial charge in [-0.3, -0.25) is 0 Å². The van der Waals surface area contributed by atoms with Gasteiger partial charge >= 0.3 is 18.3 Å². The Morgan fingerprint density at radius 2 is 1.36 bits per heavy atom. The second-order valence-electron chi connectivity index (χ2n) is 5.53. The summed E-state index contributed by atoms with van der Waals surface area (Å²) in [5, 5.41) is 8.90. The first-order chi connectivity index (χ1) is 9.67. The van der Waals surface area contributed by atoms with Crippen molar-refractivity contribution in [2.24, 2.45) is 0 Å². The molecule has 0 aromatic rings. The molecule has 1 N–H and O–H groups in total. The Kier molecular flexibility index (Phi) is 3.73. The molecule has 2 saturated heterocycles. The van der Waals surface area contributed by atoms with Crippen LogP contribution in [0.1, 0.15) is 25.7 Å². The zero-order valence-electron chi connectivity index (χ0n) is 10.7. The largest absolute Gasteiger partial charge is 0.426 e. The molecule has 3 atom stereocenters. The van der Waals surface area contributed by atoms with E-state index >= 15 is 0 Å². The van der Waals surface area contributed by atoms with Crippen molar-refractivity contribution in [1.82, 2.24) is 0 Å². The van der Waals surface area contributed by atoms with Crippen molar-refractivity contribution in [2.75, 3.05) is 0 Å². The number of alkyl halides is 9. The van der Waals surface area contributed by atoms with Gasteiger partial charge < -0.3 is 9.84 Å². The molecule has 2 bridgehead atoms. The molecule has 2 aliphatic rings. The van der Waals surface area contributed by atoms with Crippen LogP contribution in [0.25, 0.3) is 0 Å². The molecule has 22 heavy (non-hydrogen) atoms. The highest BCUT2D eigenvalue weighted by Crippen LogP contribution is 2.58. The fourth-order valence-corrected chi connectivity index (χ4v) is 2.86. The maximum Gasteiger partial charge on any atom is 0.426 e. The molecule has 11 heteroatoms. The number of aliphatic hydroxyl groups is 1. The Bertz CT molecular complexity index is 430. The number of fused-ring (bicyclic) bond motifs is 2. The van der Waals surface area contributed by atoms with E-state index in [1.165, 1.54) is 0 Å². The van der Waals surface area contributed by atoms with Crippen molar-refractivity contribution in [1.29, 1.82) is 0 Å². The van der Waals surface area contributed by atoms with E-state index in [1.807, 2.05) is 0 Å². The SMILES string of the molecule is OC(CCC1(F)C2CCC(O2)C1(F)F)(C(F)(F)F)C(F)(F)F. The lowest BCUT2D eigenvalue weighted by atomic mass is 9.77. The van der Waals surface area contributed by atoms with Crippen LogP contribution in [0.5, 0.6) is 0 Å². The summed E-state index contributed by atoms with van der Waals surface area (Å²) in [6, 6.07) is 0. The predicted octanol–water partition coefficient (Wildman–Crippen LogP) is 3.53. The van der Waals surface area contributed by atoms with Crippen molar-refractivity contribution in [3.63, 3.8) is 0 Å². The number of rotatable bonds is 3. The fraction of sp³-hybridized carbons (Fsp3) is 1.00. The third-order valence-corrected chi connectivity index (χ3v) is 4.28. The molecule has 0 aliphatic carbocycles. The van der Waals surface area contributed by atoms with Crippen LogP contribution in [0.4, 0.5) is 39.5 Å². The lowest BCUT2D eigenvalue weighted by molar-refractivity contribution is -0.372. The second kappa shape index (κ2) is 4.65. The first-order valence-corrected chi connectivity index (χ1v) is 6.25. The van der Waals surface area contributed by atoms with Crippen molar-refractivity contribution in [2.45, 2.75) is 67.4 Å². The topological polar surface area (TPSA) is 29.5 Å². The fourth-order valence-electron chi connectivity index (χ4n) is 2.86. The normalized spacial score (nSPS) is 35.2. The van der Waals surface area contributed by atoms with Gasteiger partial charge in [-0.25, -0.2) is 13.2 Å². The van der Waals surface area contributed by atoms with Gasteiger partial charge in [0, 0.05) is 0 Å². The maximum atomic E-state index is 14.4. The average Bonchev–Trinajstić information content (AvgIpc) is 2.87. The van der Waals surface area contributed by atoms with Gasteiger partial charge in [-0.1, -0.05) is 0 Å². The Labute approximate surface area is 118 Å². The summed E-state index contributed by atoms with van der Waals surface area (Å²) < 4.78 is 121. The van der Waals surface area contributed by atoms with Crippen LogP contribution in [-0.4, -0.2) is 46.9 Å². The third kappa shape index (κ3) is 2.19. The van der Waals surface area contributed by atoms with E-state index in [0.29, 0.717) is 0 Å². The average molecular weight is 346 g/mol. The highest BCUT2D eigenvalue weighted by Gasteiger charge is 2.76. The molecule has 130 valence electrons. The van der Waals surface area contributed by atoms with Gasteiger partial charge in [-0.15, -0.1) is 0 Å². The lowest BCUT2D eigenvalue weighted by Gasteiger charge is -2.38. The van der Waals surface area contributed by atoms with Crippen LogP contribution in [0.3, 0.4) is 0 Å². The molecule has 0 aromatic heterocycles. The summed E-state index contributed by atoms with van der Waals surface area (Å²) in [6.45, 7) is 0. The molecular formula is C11H11F9O2. The molecule has 0 amide bonds. The minimum Gasteiger partial charge on any atom is -0.374 e. The molecule has 2 rings (SSSR count). The Morgan fingerprint density at radius 3 is 1.73 bits per heavy atom. The van der Waals surface area contributed by atoms with Crippen LogP contribution in [0.2, 0.25) is 0 Å². The standard InChI is InChI=1S/C11H11F9O2/c12-7(5-1-2-6(22-5)9(7,13)14)3-4-8(21,10(15,16)17)11(18,19)20/h5-6,21H,1-4H2. The highest BCUT2D eigenvalue weighted by atomic mass is 19.4. The zero-order chi connectivity index (χ0) is 17.2. The predicted molar refractivity (Wildman–Crippen MR) is 53.0 cm³/mol. The molecule has 2 heterocycles. The van der Waals surface area contributed by atoms with Gasteiger partial charge in [0.15, 0.2) is 0 Å². The van der Waals surface area contributed by atoms with Crippen molar-refractivity contribution in [3.05, 3.63) is 0 Å². The van der Waals surface area contributed by atoms with E-state index < -0.39 is 54.6 Å². The lowest BCUT2D eigenvalue weighted by Crippen LogP contribution is -2.59. The minimum atomic E-state index is -6.17. The first-order valence-electron chi connectivity index (χ1n) is 6.25. The smallest absolute Gasteiger partial charge is 0.374 e. The van der Waals surface area contributed by atoms with Crippen LogP contribution in [-0.2, 0) is 4.74 Å². The molecular weight excluding hydrogens is 335 g/mol. The summed E-state index contributed by atoms with van der Waals surface area (Å²) in [4.78, 5) is 0. The Balaban J connectivity index is 2.24. The minimum absolute atomic E-state index is 0.229. The van der Waals surface area contributed by atoms with Gasteiger partial charge in [-0.2, -0.15) is 26.3 Å². The molecule has 2 nitrogen and oxygen atoms in total. The summed E-state index contributed by atoms with van der Waals surface area (Å²) >= 11 is 0. The van der Waals surface area contributed by atoms with E-state index in [4.69, 9.17) is 5.11 Å². The van der Waals surface area contributed by atoms with E-state index in [2.05, 4.69) is 4.74 Å². The number of hydrogen-bond acceptors (Lipinski definition) is 2. The summed E-state index contributed by atoms with van der Waals surface area (Å²) in [5.74, 6) is -4.20. The Morgan fingerprint density at radius 1 is 0.909 bits per heavy atom. The molecule has 2 fully saturated rings. The number of ether oxygens (including phenoxy) is 1. The van der Waals surface area contributed by atoms with E-state index in [-0.39, 0.29) is 12.8 Å². The van der Waals surface area contributed by atoms with Gasteiger partial charge in [0.25, 0.3) is 5.60 Å². The second-order valence-corrected chi connectivity index (χ2v) is 5.53. The monoisotopic (exact) mass is 346 g/mol. The van der Waals surface area contributed by atoms with Crippen LogP contribution in [0, 0.1) is 0 Å². The van der Waals surface area contributed by atoms with Crippen LogP contribution >= 0.6 is 0 Å². The number of hydrogen-bond donors (Lipinski definition) is 1. The Hall–Kier alpha value is -0.710. The van der Waals surface area contributed by atoms with Crippen molar-refractivity contribution in [3.8, 4) is 0 Å². The summed E-state index contributed by atoms with van der Waals surface area (Å²) in [5.41, 5.74) is -8.92. The molecule has 0 saturated carbocycles. The zero-order valence-corrected chi connectivity index (χ0v) is 10.7. The number of halogens is 9. The first kappa shape index (κ1) is 17.6. The van der Waals surface area contributed by atoms with E-state index in [1.54, 1.807) is 0 Å². The summed E-state index contributed by atoms with van der Waals surface area (Å²) in [7, 11) is 0. The van der Waals surface area contributed by atoms with Crippen LogP contribution < -0.4 is 0 Å².